The molecular formula is C18H23NO3. The predicted molar refractivity (Wildman–Crippen MR) is 84.8 cm³/mol. The van der Waals surface area contributed by atoms with Crippen LogP contribution in [0.3, 0.4) is 0 Å². The van der Waals surface area contributed by atoms with Crippen LogP contribution in [0.2, 0.25) is 0 Å². The van der Waals surface area contributed by atoms with Gasteiger partial charge in [0.25, 0.3) is 0 Å². The molecule has 22 heavy (non-hydrogen) atoms. The molecule has 0 amide bonds. The number of ketones is 1. The lowest BCUT2D eigenvalue weighted by Crippen LogP contribution is -2.42. The third-order valence-corrected chi connectivity index (χ3v) is 5.31. The number of aliphatic imine (C=N–C) groups is 1. The Bertz CT molecular complexity index is 571. The average Bonchev–Trinajstić information content (AvgIpc) is 2.71. The van der Waals surface area contributed by atoms with Crippen molar-refractivity contribution in [2.45, 2.75) is 51.5 Å². The van der Waals surface area contributed by atoms with E-state index in [4.69, 9.17) is 9.73 Å². The average molecular weight is 301 g/mol. The molecule has 1 fully saturated rings. The summed E-state index contributed by atoms with van der Waals surface area (Å²) in [4.78, 5) is 28.5. The number of ether oxygens (including phenoxy) is 1. The van der Waals surface area contributed by atoms with Gasteiger partial charge in [0.2, 0.25) is 0 Å². The Balaban J connectivity index is 1.98. The van der Waals surface area contributed by atoms with E-state index in [1.165, 1.54) is 12.8 Å². The van der Waals surface area contributed by atoms with Crippen molar-refractivity contribution in [3.8, 4) is 0 Å². The summed E-state index contributed by atoms with van der Waals surface area (Å²) < 4.78 is 5.11. The predicted octanol–water partition coefficient (Wildman–Crippen LogP) is 3.02. The quantitative estimate of drug-likeness (QED) is 0.753. The van der Waals surface area contributed by atoms with E-state index in [0.717, 1.165) is 18.6 Å². The summed E-state index contributed by atoms with van der Waals surface area (Å²) in [6.07, 6.45) is 11.9. The van der Waals surface area contributed by atoms with Crippen molar-refractivity contribution in [2.24, 2.45) is 16.3 Å². The summed E-state index contributed by atoms with van der Waals surface area (Å²) in [6.45, 7) is 4.38. The Labute approximate surface area is 131 Å². The van der Waals surface area contributed by atoms with Crippen molar-refractivity contribution in [1.82, 2.24) is 0 Å². The monoisotopic (exact) mass is 301 g/mol. The summed E-state index contributed by atoms with van der Waals surface area (Å²) in [5, 5.41) is 0. The standard InChI is InChI=1S/C18H23NO3/c1-3-22-16(21)12-15-18(10-7-13(20)8-11-18)14-6-4-5-9-17(14,2)19-15/h7-8,10-11,14H,3-6,9,12H2,1-2H3/t14-,17+/m1/s1. The normalized spacial score (nSPS) is 32.0. The lowest BCUT2D eigenvalue weighted by molar-refractivity contribution is -0.141. The van der Waals surface area contributed by atoms with E-state index in [-0.39, 0.29) is 29.1 Å². The maximum atomic E-state index is 12.0. The first-order valence-electron chi connectivity index (χ1n) is 8.17. The van der Waals surface area contributed by atoms with Gasteiger partial charge in [-0.15, -0.1) is 0 Å². The van der Waals surface area contributed by atoms with Gasteiger partial charge in [0.1, 0.15) is 0 Å². The van der Waals surface area contributed by atoms with E-state index in [2.05, 4.69) is 6.92 Å². The van der Waals surface area contributed by atoms with E-state index in [1.54, 1.807) is 12.2 Å². The Hall–Kier alpha value is -1.71. The number of hydrogen-bond acceptors (Lipinski definition) is 4. The van der Waals surface area contributed by atoms with E-state index in [9.17, 15) is 9.59 Å². The zero-order chi connectivity index (χ0) is 15.8. The molecule has 0 aromatic heterocycles. The van der Waals surface area contributed by atoms with E-state index in [0.29, 0.717) is 12.5 Å². The highest BCUT2D eigenvalue weighted by Gasteiger charge is 2.55. The van der Waals surface area contributed by atoms with Crippen molar-refractivity contribution in [3.63, 3.8) is 0 Å². The molecule has 0 N–H and O–H groups in total. The van der Waals surface area contributed by atoms with Gasteiger partial charge >= 0.3 is 5.97 Å². The fraction of sp³-hybridized carbons (Fsp3) is 0.611. The minimum absolute atomic E-state index is 0.00511. The Morgan fingerprint density at radius 1 is 1.36 bits per heavy atom. The van der Waals surface area contributed by atoms with E-state index < -0.39 is 0 Å². The van der Waals surface area contributed by atoms with Gasteiger partial charge in [-0.1, -0.05) is 25.0 Å². The molecule has 3 aliphatic rings. The van der Waals surface area contributed by atoms with Gasteiger partial charge in [0.15, 0.2) is 5.78 Å². The van der Waals surface area contributed by atoms with Crippen molar-refractivity contribution in [3.05, 3.63) is 24.3 Å². The maximum absolute atomic E-state index is 12.0. The smallest absolute Gasteiger partial charge is 0.311 e. The number of hydrogen-bond donors (Lipinski definition) is 0. The number of esters is 1. The number of allylic oxidation sites excluding steroid dienone is 4. The topological polar surface area (TPSA) is 55.7 Å². The molecule has 4 nitrogen and oxygen atoms in total. The molecule has 4 heteroatoms. The second-order valence-electron chi connectivity index (χ2n) is 6.70. The molecule has 118 valence electrons. The fourth-order valence-electron chi connectivity index (χ4n) is 4.33. The first-order chi connectivity index (χ1) is 10.5. The summed E-state index contributed by atoms with van der Waals surface area (Å²) in [6, 6.07) is 0. The third-order valence-electron chi connectivity index (χ3n) is 5.31. The number of carbonyl (C=O) groups is 2. The molecule has 0 saturated heterocycles. The molecule has 1 saturated carbocycles. The van der Waals surface area contributed by atoms with Crippen LogP contribution in [0, 0.1) is 11.3 Å². The Kier molecular flexibility index (Phi) is 3.79. The van der Waals surface area contributed by atoms with Crippen LogP contribution in [0.15, 0.2) is 29.3 Å². The highest BCUT2D eigenvalue weighted by atomic mass is 16.5. The zero-order valence-electron chi connectivity index (χ0n) is 13.3. The van der Waals surface area contributed by atoms with Crippen LogP contribution in [-0.4, -0.2) is 29.6 Å². The minimum Gasteiger partial charge on any atom is -0.466 e. The maximum Gasteiger partial charge on any atom is 0.311 e. The number of carbonyl (C=O) groups excluding carboxylic acids is 2. The lowest BCUT2D eigenvalue weighted by atomic mass is 9.60. The van der Waals surface area contributed by atoms with Crippen LogP contribution in [-0.2, 0) is 14.3 Å². The first kappa shape index (κ1) is 15.2. The molecule has 1 aliphatic heterocycles. The van der Waals surface area contributed by atoms with Crippen LogP contribution >= 0.6 is 0 Å². The van der Waals surface area contributed by atoms with Gasteiger partial charge < -0.3 is 4.74 Å². The molecule has 1 heterocycles. The molecule has 0 aromatic carbocycles. The van der Waals surface area contributed by atoms with Crippen LogP contribution in [0.5, 0.6) is 0 Å². The van der Waals surface area contributed by atoms with Gasteiger partial charge in [-0.05, 0) is 38.8 Å². The minimum atomic E-state index is -0.379. The highest BCUT2D eigenvalue weighted by molar-refractivity contribution is 6.10. The molecule has 0 bridgehead atoms. The molecule has 3 rings (SSSR count). The van der Waals surface area contributed by atoms with Crippen molar-refractivity contribution in [1.29, 1.82) is 0 Å². The molecule has 0 radical (unpaired) electrons. The fourth-order valence-corrected chi connectivity index (χ4v) is 4.33. The summed E-state index contributed by atoms with van der Waals surface area (Å²) in [5.41, 5.74) is 0.352. The zero-order valence-corrected chi connectivity index (χ0v) is 13.3. The highest BCUT2D eigenvalue weighted by Crippen LogP contribution is 2.55. The van der Waals surface area contributed by atoms with Crippen LogP contribution in [0.25, 0.3) is 0 Å². The number of fused-ring (bicyclic) bond motifs is 2. The third kappa shape index (κ3) is 2.34. The lowest BCUT2D eigenvalue weighted by Gasteiger charge is -2.42. The Morgan fingerprint density at radius 3 is 2.77 bits per heavy atom. The van der Waals surface area contributed by atoms with E-state index in [1.807, 2.05) is 19.1 Å². The molecule has 0 unspecified atom stereocenters. The summed E-state index contributed by atoms with van der Waals surface area (Å²) in [5.74, 6) is 0.103. The van der Waals surface area contributed by atoms with Crippen LogP contribution in [0.4, 0.5) is 0 Å². The molecular weight excluding hydrogens is 278 g/mol. The van der Waals surface area contributed by atoms with Crippen molar-refractivity contribution < 1.29 is 14.3 Å². The van der Waals surface area contributed by atoms with Gasteiger partial charge in [-0.3, -0.25) is 14.6 Å². The molecule has 2 aliphatic carbocycles. The molecule has 0 aromatic rings. The SMILES string of the molecule is CCOC(=O)CC1=N[C@@]2(C)CCCC[C@H]2C12C=CC(=O)C=C2. The largest absolute Gasteiger partial charge is 0.466 e. The second kappa shape index (κ2) is 5.49. The summed E-state index contributed by atoms with van der Waals surface area (Å²) in [7, 11) is 0. The molecule has 2 atom stereocenters. The van der Waals surface area contributed by atoms with Gasteiger partial charge in [-0.2, -0.15) is 0 Å². The second-order valence-corrected chi connectivity index (χ2v) is 6.70. The van der Waals surface area contributed by atoms with Gasteiger partial charge in [-0.25, -0.2) is 0 Å². The number of nitrogens with zero attached hydrogens (tertiary/aromatic N) is 1. The molecule has 1 spiro atoms. The van der Waals surface area contributed by atoms with Crippen LogP contribution in [0.1, 0.15) is 46.0 Å². The van der Waals surface area contributed by atoms with Crippen molar-refractivity contribution in [2.75, 3.05) is 6.61 Å². The van der Waals surface area contributed by atoms with Gasteiger partial charge in [0.05, 0.1) is 24.0 Å². The first-order valence-corrected chi connectivity index (χ1v) is 8.17. The van der Waals surface area contributed by atoms with Crippen LogP contribution < -0.4 is 0 Å². The summed E-state index contributed by atoms with van der Waals surface area (Å²) >= 11 is 0. The van der Waals surface area contributed by atoms with E-state index >= 15 is 0 Å². The van der Waals surface area contributed by atoms with Crippen molar-refractivity contribution >= 4 is 17.5 Å². The number of rotatable bonds is 3. The van der Waals surface area contributed by atoms with Gasteiger partial charge in [0, 0.05) is 11.6 Å². The Morgan fingerprint density at radius 2 is 2.09 bits per heavy atom.